The molecule has 0 bridgehead atoms. The molecule has 0 radical (unpaired) electrons. The van der Waals surface area contributed by atoms with E-state index in [1.54, 1.807) is 6.26 Å². The van der Waals surface area contributed by atoms with Gasteiger partial charge in [0, 0.05) is 5.92 Å². The summed E-state index contributed by atoms with van der Waals surface area (Å²) >= 11 is 0. The van der Waals surface area contributed by atoms with E-state index in [4.69, 9.17) is 10.2 Å². The molecule has 1 aromatic rings. The molecule has 12 heavy (non-hydrogen) atoms. The van der Waals surface area contributed by atoms with Crippen LogP contribution in [0.5, 0.6) is 0 Å². The van der Waals surface area contributed by atoms with Gasteiger partial charge in [-0.3, -0.25) is 4.99 Å². The van der Waals surface area contributed by atoms with Crippen molar-refractivity contribution in [2.45, 2.75) is 20.4 Å². The van der Waals surface area contributed by atoms with Gasteiger partial charge >= 0.3 is 0 Å². The number of rotatable bonds is 3. The number of nitrogens with two attached hydrogens (primary N) is 1. The standard InChI is InChI=1S/C9H14N2O/c1-7(2)9(10)11-6-8-4-3-5-12-8/h3-5,7H,6H2,1-2H3,(H2,10,11). The maximum atomic E-state index is 5.64. The summed E-state index contributed by atoms with van der Waals surface area (Å²) in [5.41, 5.74) is 5.64. The van der Waals surface area contributed by atoms with E-state index in [1.165, 1.54) is 0 Å². The highest BCUT2D eigenvalue weighted by molar-refractivity contribution is 5.82. The molecule has 0 amide bonds. The molecule has 0 saturated heterocycles. The molecule has 0 unspecified atom stereocenters. The lowest BCUT2D eigenvalue weighted by atomic mass is 10.2. The van der Waals surface area contributed by atoms with Gasteiger partial charge in [-0.25, -0.2) is 0 Å². The minimum Gasteiger partial charge on any atom is -0.467 e. The molecule has 1 heterocycles. The van der Waals surface area contributed by atoms with E-state index in [2.05, 4.69) is 4.99 Å². The van der Waals surface area contributed by atoms with Crippen LogP contribution in [0.3, 0.4) is 0 Å². The summed E-state index contributed by atoms with van der Waals surface area (Å²) in [5.74, 6) is 1.82. The molecule has 1 aromatic heterocycles. The van der Waals surface area contributed by atoms with Gasteiger partial charge in [0.1, 0.15) is 5.76 Å². The zero-order chi connectivity index (χ0) is 8.97. The monoisotopic (exact) mass is 166 g/mol. The van der Waals surface area contributed by atoms with Crippen molar-refractivity contribution < 1.29 is 4.42 Å². The van der Waals surface area contributed by atoms with E-state index in [9.17, 15) is 0 Å². The Morgan fingerprint density at radius 2 is 2.42 bits per heavy atom. The van der Waals surface area contributed by atoms with Crippen molar-refractivity contribution >= 4 is 5.84 Å². The molecule has 3 nitrogen and oxygen atoms in total. The molecule has 0 aromatic carbocycles. The molecular formula is C9H14N2O. The van der Waals surface area contributed by atoms with Crippen LogP contribution in [0.4, 0.5) is 0 Å². The topological polar surface area (TPSA) is 51.5 Å². The largest absolute Gasteiger partial charge is 0.467 e. The minimum atomic E-state index is 0.306. The van der Waals surface area contributed by atoms with Crippen LogP contribution in [0, 0.1) is 5.92 Å². The van der Waals surface area contributed by atoms with Crippen molar-refractivity contribution in [3.05, 3.63) is 24.2 Å². The average Bonchev–Trinajstić information content (AvgIpc) is 2.51. The van der Waals surface area contributed by atoms with Crippen molar-refractivity contribution in [1.82, 2.24) is 0 Å². The second kappa shape index (κ2) is 3.95. The van der Waals surface area contributed by atoms with Gasteiger partial charge in [0.2, 0.25) is 0 Å². The zero-order valence-electron chi connectivity index (χ0n) is 7.45. The van der Waals surface area contributed by atoms with Gasteiger partial charge < -0.3 is 10.2 Å². The third kappa shape index (κ3) is 2.42. The number of amidine groups is 1. The van der Waals surface area contributed by atoms with E-state index < -0.39 is 0 Å². The predicted octanol–water partition coefficient (Wildman–Crippen LogP) is 1.79. The first-order chi connectivity index (χ1) is 5.70. The first kappa shape index (κ1) is 8.84. The van der Waals surface area contributed by atoms with Crippen LogP contribution < -0.4 is 5.73 Å². The summed E-state index contributed by atoms with van der Waals surface area (Å²) in [7, 11) is 0. The van der Waals surface area contributed by atoms with Crippen LogP contribution in [0.15, 0.2) is 27.8 Å². The molecule has 2 N–H and O–H groups in total. The van der Waals surface area contributed by atoms with E-state index in [0.29, 0.717) is 18.3 Å². The smallest absolute Gasteiger partial charge is 0.125 e. The van der Waals surface area contributed by atoms with Gasteiger partial charge in [-0.05, 0) is 12.1 Å². The average molecular weight is 166 g/mol. The predicted molar refractivity (Wildman–Crippen MR) is 48.9 cm³/mol. The van der Waals surface area contributed by atoms with Gasteiger partial charge in [0.25, 0.3) is 0 Å². The van der Waals surface area contributed by atoms with Crippen LogP contribution in [0.25, 0.3) is 0 Å². The molecule has 0 atom stereocenters. The number of aliphatic imine (C=N–C) groups is 1. The van der Waals surface area contributed by atoms with E-state index in [-0.39, 0.29) is 0 Å². The molecule has 3 heteroatoms. The molecule has 0 aliphatic heterocycles. The van der Waals surface area contributed by atoms with Crippen molar-refractivity contribution in [1.29, 1.82) is 0 Å². The first-order valence-electron chi connectivity index (χ1n) is 4.02. The molecule has 0 aliphatic carbocycles. The van der Waals surface area contributed by atoms with Gasteiger partial charge in [-0.15, -0.1) is 0 Å². The van der Waals surface area contributed by atoms with Crippen molar-refractivity contribution in [2.75, 3.05) is 0 Å². The molecule has 1 rings (SSSR count). The van der Waals surface area contributed by atoms with Crippen LogP contribution in [-0.4, -0.2) is 5.84 Å². The van der Waals surface area contributed by atoms with Crippen LogP contribution in [-0.2, 0) is 6.54 Å². The van der Waals surface area contributed by atoms with Gasteiger partial charge in [0.05, 0.1) is 18.6 Å². The molecule has 0 aliphatic rings. The Bertz CT molecular complexity index is 250. The van der Waals surface area contributed by atoms with E-state index in [1.807, 2.05) is 26.0 Å². The van der Waals surface area contributed by atoms with E-state index in [0.717, 1.165) is 5.76 Å². The summed E-state index contributed by atoms with van der Waals surface area (Å²) in [5, 5.41) is 0. The fourth-order valence-electron chi connectivity index (χ4n) is 0.754. The van der Waals surface area contributed by atoms with Crippen molar-refractivity contribution in [2.24, 2.45) is 16.6 Å². The second-order valence-electron chi connectivity index (χ2n) is 2.98. The first-order valence-corrected chi connectivity index (χ1v) is 4.02. The summed E-state index contributed by atoms with van der Waals surface area (Å²) in [6, 6.07) is 3.73. The lowest BCUT2D eigenvalue weighted by Crippen LogP contribution is -2.18. The van der Waals surface area contributed by atoms with Crippen LogP contribution in [0.1, 0.15) is 19.6 Å². The quantitative estimate of drug-likeness (QED) is 0.549. The van der Waals surface area contributed by atoms with Gasteiger partial charge in [0.15, 0.2) is 0 Å². The summed E-state index contributed by atoms with van der Waals surface area (Å²) in [4.78, 5) is 4.17. The molecule has 0 saturated carbocycles. The SMILES string of the molecule is CC(C)C(N)=NCc1ccco1. The van der Waals surface area contributed by atoms with Gasteiger partial charge in [-0.1, -0.05) is 13.8 Å². The van der Waals surface area contributed by atoms with Crippen LogP contribution >= 0.6 is 0 Å². The highest BCUT2D eigenvalue weighted by atomic mass is 16.3. The number of hydrogen-bond acceptors (Lipinski definition) is 2. The summed E-state index contributed by atoms with van der Waals surface area (Å²) in [6.07, 6.45) is 1.64. The zero-order valence-corrected chi connectivity index (χ0v) is 7.45. The fourth-order valence-corrected chi connectivity index (χ4v) is 0.754. The molecule has 0 spiro atoms. The Labute approximate surface area is 72.3 Å². The fraction of sp³-hybridized carbons (Fsp3) is 0.444. The number of nitrogens with zero attached hydrogens (tertiary/aromatic N) is 1. The third-order valence-electron chi connectivity index (χ3n) is 1.59. The molecule has 66 valence electrons. The lowest BCUT2D eigenvalue weighted by molar-refractivity contribution is 0.512. The van der Waals surface area contributed by atoms with E-state index >= 15 is 0 Å². The number of furan rings is 1. The Hall–Kier alpha value is -1.25. The van der Waals surface area contributed by atoms with Crippen molar-refractivity contribution in [3.63, 3.8) is 0 Å². The Balaban J connectivity index is 2.49. The summed E-state index contributed by atoms with van der Waals surface area (Å²) < 4.78 is 5.10. The molecular weight excluding hydrogens is 152 g/mol. The van der Waals surface area contributed by atoms with Gasteiger partial charge in [-0.2, -0.15) is 0 Å². The Kier molecular flexibility index (Phi) is 2.91. The number of hydrogen-bond donors (Lipinski definition) is 1. The van der Waals surface area contributed by atoms with Crippen LogP contribution in [0.2, 0.25) is 0 Å². The highest BCUT2D eigenvalue weighted by Gasteiger charge is 1.98. The summed E-state index contributed by atoms with van der Waals surface area (Å²) in [6.45, 7) is 4.57. The maximum absolute atomic E-state index is 5.64. The van der Waals surface area contributed by atoms with Crippen molar-refractivity contribution in [3.8, 4) is 0 Å². The third-order valence-corrected chi connectivity index (χ3v) is 1.59. The Morgan fingerprint density at radius 3 is 2.92 bits per heavy atom. The normalized spacial score (nSPS) is 12.4. The minimum absolute atomic E-state index is 0.306. The molecule has 0 fully saturated rings. The Morgan fingerprint density at radius 1 is 1.67 bits per heavy atom. The highest BCUT2D eigenvalue weighted by Crippen LogP contribution is 2.02. The maximum Gasteiger partial charge on any atom is 0.125 e. The second-order valence-corrected chi connectivity index (χ2v) is 2.98. The lowest BCUT2D eigenvalue weighted by Gasteiger charge is -2.01.